The number of benzene rings is 1. The Hall–Kier alpha value is -2.76. The molecule has 6 heteroatoms. The molecule has 1 aromatic carbocycles. The number of guanidine groups is 1. The Morgan fingerprint density at radius 1 is 1.08 bits per heavy atom. The highest BCUT2D eigenvalue weighted by atomic mass is 16.3. The molecule has 0 saturated heterocycles. The van der Waals surface area contributed by atoms with Crippen molar-refractivity contribution in [2.75, 3.05) is 18.9 Å². The Bertz CT molecular complexity index is 678. The first-order chi connectivity index (χ1) is 12.7. The molecule has 1 heterocycles. The number of unbranched alkanes of at least 4 members (excludes halogenated alkanes) is 3. The second-order valence-electron chi connectivity index (χ2n) is 6.04. The molecule has 140 valence electrons. The smallest absolute Gasteiger partial charge is 0.291 e. The number of anilines is 1. The molecule has 0 saturated carbocycles. The summed E-state index contributed by atoms with van der Waals surface area (Å²) in [6, 6.07) is 11.0. The van der Waals surface area contributed by atoms with Crippen LogP contribution < -0.4 is 16.0 Å². The molecule has 0 atom stereocenters. The Balaban J connectivity index is 1.74. The monoisotopic (exact) mass is 356 g/mol. The van der Waals surface area contributed by atoms with Crippen LogP contribution in [-0.2, 0) is 6.54 Å². The average Bonchev–Trinajstić information content (AvgIpc) is 3.20. The van der Waals surface area contributed by atoms with Gasteiger partial charge in [-0.1, -0.05) is 38.3 Å². The van der Waals surface area contributed by atoms with E-state index >= 15 is 0 Å². The second kappa shape index (κ2) is 11.0. The minimum atomic E-state index is -0.256. The van der Waals surface area contributed by atoms with Crippen LogP contribution in [0.4, 0.5) is 5.69 Å². The largest absolute Gasteiger partial charge is 0.459 e. The Kier molecular flexibility index (Phi) is 8.26. The average molecular weight is 356 g/mol. The number of nitrogens with zero attached hydrogens (tertiary/aromatic N) is 1. The number of hydrogen-bond acceptors (Lipinski definition) is 3. The Morgan fingerprint density at radius 3 is 2.54 bits per heavy atom. The van der Waals surface area contributed by atoms with Crippen LogP contribution in [0.25, 0.3) is 0 Å². The van der Waals surface area contributed by atoms with Gasteiger partial charge in [0, 0.05) is 25.8 Å². The van der Waals surface area contributed by atoms with Crippen molar-refractivity contribution in [3.05, 3.63) is 54.0 Å². The van der Waals surface area contributed by atoms with E-state index in [1.807, 2.05) is 24.3 Å². The number of rotatable bonds is 9. The lowest BCUT2D eigenvalue weighted by molar-refractivity contribution is 0.0996. The lowest BCUT2D eigenvalue weighted by Gasteiger charge is -2.12. The number of carbonyl (C=O) groups is 1. The fourth-order valence-corrected chi connectivity index (χ4v) is 2.47. The van der Waals surface area contributed by atoms with Crippen LogP contribution in [0.3, 0.4) is 0 Å². The van der Waals surface area contributed by atoms with Gasteiger partial charge < -0.3 is 20.4 Å². The van der Waals surface area contributed by atoms with E-state index in [9.17, 15) is 4.79 Å². The van der Waals surface area contributed by atoms with Gasteiger partial charge in [-0.15, -0.1) is 0 Å². The van der Waals surface area contributed by atoms with Gasteiger partial charge in [-0.25, -0.2) is 0 Å². The van der Waals surface area contributed by atoms with Crippen LogP contribution in [-0.4, -0.2) is 25.5 Å². The first kappa shape index (κ1) is 19.6. The molecule has 2 rings (SSSR count). The fourth-order valence-electron chi connectivity index (χ4n) is 2.47. The number of hydrogen-bond donors (Lipinski definition) is 3. The summed E-state index contributed by atoms with van der Waals surface area (Å²) in [5, 5.41) is 9.42. The zero-order valence-electron chi connectivity index (χ0n) is 15.5. The van der Waals surface area contributed by atoms with Gasteiger partial charge in [0.1, 0.15) is 0 Å². The minimum Gasteiger partial charge on any atom is -0.459 e. The van der Waals surface area contributed by atoms with Crippen molar-refractivity contribution >= 4 is 17.6 Å². The van der Waals surface area contributed by atoms with Crippen molar-refractivity contribution in [1.82, 2.24) is 10.6 Å². The van der Waals surface area contributed by atoms with E-state index in [1.54, 1.807) is 19.2 Å². The third-order valence-electron chi connectivity index (χ3n) is 3.96. The van der Waals surface area contributed by atoms with Gasteiger partial charge in [0.15, 0.2) is 11.7 Å². The lowest BCUT2D eigenvalue weighted by Crippen LogP contribution is -2.37. The summed E-state index contributed by atoms with van der Waals surface area (Å²) in [5.41, 5.74) is 1.84. The molecule has 1 amide bonds. The highest BCUT2D eigenvalue weighted by Gasteiger charge is 2.08. The standard InChI is InChI=1S/C20H28N4O2/c1-3-4-5-6-13-22-20(21-2)23-15-16-9-11-17(12-10-16)24-19(25)18-8-7-14-26-18/h7-12,14H,3-6,13,15H2,1-2H3,(H,24,25)(H2,21,22,23). The summed E-state index contributed by atoms with van der Waals surface area (Å²) in [7, 11) is 1.77. The SMILES string of the molecule is CCCCCCNC(=NC)NCc1ccc(NC(=O)c2ccco2)cc1. The molecule has 0 bridgehead atoms. The van der Waals surface area contributed by atoms with E-state index in [-0.39, 0.29) is 5.91 Å². The second-order valence-corrected chi connectivity index (χ2v) is 6.04. The van der Waals surface area contributed by atoms with Crippen molar-refractivity contribution in [3.63, 3.8) is 0 Å². The summed E-state index contributed by atoms with van der Waals surface area (Å²) in [5.74, 6) is 0.842. The van der Waals surface area contributed by atoms with Crippen LogP contribution in [0.1, 0.15) is 48.7 Å². The topological polar surface area (TPSA) is 78.7 Å². The van der Waals surface area contributed by atoms with Crippen LogP contribution >= 0.6 is 0 Å². The number of carbonyl (C=O) groups excluding carboxylic acids is 1. The molecule has 0 radical (unpaired) electrons. The van der Waals surface area contributed by atoms with Gasteiger partial charge in [0.25, 0.3) is 5.91 Å². The highest BCUT2D eigenvalue weighted by molar-refractivity contribution is 6.02. The molecule has 2 aromatic rings. The molecule has 0 aliphatic heterocycles. The maximum absolute atomic E-state index is 11.9. The Morgan fingerprint density at radius 2 is 1.88 bits per heavy atom. The summed E-state index contributed by atoms with van der Waals surface area (Å²) < 4.78 is 5.08. The molecule has 26 heavy (non-hydrogen) atoms. The van der Waals surface area contributed by atoms with E-state index in [0.29, 0.717) is 12.3 Å². The van der Waals surface area contributed by atoms with E-state index in [0.717, 1.165) is 30.2 Å². The Labute approximate surface area is 155 Å². The number of nitrogens with one attached hydrogen (secondary N) is 3. The van der Waals surface area contributed by atoms with Crippen molar-refractivity contribution in [3.8, 4) is 0 Å². The normalized spacial score (nSPS) is 11.2. The van der Waals surface area contributed by atoms with E-state index < -0.39 is 0 Å². The first-order valence-electron chi connectivity index (χ1n) is 9.11. The van der Waals surface area contributed by atoms with Crippen LogP contribution in [0.2, 0.25) is 0 Å². The molecular weight excluding hydrogens is 328 g/mol. The van der Waals surface area contributed by atoms with Crippen molar-refractivity contribution in [2.24, 2.45) is 4.99 Å². The summed E-state index contributed by atoms with van der Waals surface area (Å²) in [6.07, 6.45) is 6.39. The molecular formula is C20H28N4O2. The summed E-state index contributed by atoms with van der Waals surface area (Å²) in [6.45, 7) is 3.81. The van der Waals surface area contributed by atoms with E-state index in [2.05, 4.69) is 27.9 Å². The van der Waals surface area contributed by atoms with Gasteiger partial charge in [-0.2, -0.15) is 0 Å². The zero-order valence-corrected chi connectivity index (χ0v) is 15.5. The molecule has 0 fully saturated rings. The van der Waals surface area contributed by atoms with Gasteiger partial charge in [0.2, 0.25) is 0 Å². The molecule has 1 aromatic heterocycles. The maximum Gasteiger partial charge on any atom is 0.291 e. The first-order valence-corrected chi connectivity index (χ1v) is 9.11. The van der Waals surface area contributed by atoms with Crippen molar-refractivity contribution in [1.29, 1.82) is 0 Å². The summed E-state index contributed by atoms with van der Waals surface area (Å²) >= 11 is 0. The molecule has 3 N–H and O–H groups in total. The molecule has 0 spiro atoms. The fraction of sp³-hybridized carbons (Fsp3) is 0.400. The lowest BCUT2D eigenvalue weighted by atomic mass is 10.2. The number of furan rings is 1. The molecule has 6 nitrogen and oxygen atoms in total. The van der Waals surface area contributed by atoms with E-state index in [4.69, 9.17) is 4.42 Å². The highest BCUT2D eigenvalue weighted by Crippen LogP contribution is 2.11. The van der Waals surface area contributed by atoms with Gasteiger partial charge in [0.05, 0.1) is 6.26 Å². The zero-order chi connectivity index (χ0) is 18.6. The van der Waals surface area contributed by atoms with Crippen LogP contribution in [0.15, 0.2) is 52.1 Å². The number of aliphatic imine (C=N–C) groups is 1. The molecule has 0 aliphatic rings. The molecule has 0 aliphatic carbocycles. The summed E-state index contributed by atoms with van der Waals surface area (Å²) in [4.78, 5) is 16.2. The van der Waals surface area contributed by atoms with Crippen LogP contribution in [0, 0.1) is 0 Å². The predicted molar refractivity (Wildman–Crippen MR) is 105 cm³/mol. The van der Waals surface area contributed by atoms with Crippen LogP contribution in [0.5, 0.6) is 0 Å². The van der Waals surface area contributed by atoms with E-state index in [1.165, 1.54) is 25.5 Å². The number of amides is 1. The van der Waals surface area contributed by atoms with Crippen molar-refractivity contribution in [2.45, 2.75) is 39.2 Å². The molecule has 0 unspecified atom stereocenters. The quantitative estimate of drug-likeness (QED) is 0.363. The third kappa shape index (κ3) is 6.63. The van der Waals surface area contributed by atoms with Gasteiger partial charge in [-0.05, 0) is 36.2 Å². The van der Waals surface area contributed by atoms with Crippen molar-refractivity contribution < 1.29 is 9.21 Å². The minimum absolute atomic E-state index is 0.256. The third-order valence-corrected chi connectivity index (χ3v) is 3.96. The maximum atomic E-state index is 11.9. The predicted octanol–water partition coefficient (Wildman–Crippen LogP) is 3.78. The van der Waals surface area contributed by atoms with Gasteiger partial charge >= 0.3 is 0 Å². The van der Waals surface area contributed by atoms with Gasteiger partial charge in [-0.3, -0.25) is 9.79 Å².